The quantitative estimate of drug-likeness (QED) is 0.380. The number of thiophene rings is 1. The number of nitrogens with zero attached hydrogens (tertiary/aromatic N) is 1. The molecule has 0 fully saturated rings. The number of aromatic nitrogens is 2. The van der Waals surface area contributed by atoms with Gasteiger partial charge < -0.3 is 4.98 Å². The highest BCUT2D eigenvalue weighted by Gasteiger charge is 2.16. The molecule has 0 saturated carbocycles. The van der Waals surface area contributed by atoms with Crippen LogP contribution in [0, 0.1) is 12.7 Å². The fourth-order valence-corrected chi connectivity index (χ4v) is 4.81. The van der Waals surface area contributed by atoms with Crippen molar-refractivity contribution >= 4 is 33.3 Å². The van der Waals surface area contributed by atoms with Crippen LogP contribution in [0.5, 0.6) is 0 Å². The van der Waals surface area contributed by atoms with Crippen LogP contribution in [0.15, 0.2) is 64.5 Å². The van der Waals surface area contributed by atoms with E-state index in [1.165, 1.54) is 35.2 Å². The van der Waals surface area contributed by atoms with Crippen molar-refractivity contribution in [2.75, 3.05) is 0 Å². The van der Waals surface area contributed by atoms with Gasteiger partial charge in [-0.25, -0.2) is 9.37 Å². The van der Waals surface area contributed by atoms with Crippen LogP contribution < -0.4 is 5.56 Å². The predicted molar refractivity (Wildman–Crippen MR) is 106 cm³/mol. The number of benzene rings is 2. The second-order valence-electron chi connectivity index (χ2n) is 5.87. The molecule has 0 amide bonds. The van der Waals surface area contributed by atoms with Gasteiger partial charge in [0.15, 0.2) is 5.16 Å². The molecule has 0 radical (unpaired) electrons. The van der Waals surface area contributed by atoms with Crippen molar-refractivity contribution < 1.29 is 4.39 Å². The largest absolute Gasteiger partial charge is 0.301 e. The predicted octanol–water partition coefficient (Wildman–Crippen LogP) is 5.39. The lowest BCUT2D eigenvalue weighted by Gasteiger charge is -2.03. The van der Waals surface area contributed by atoms with Gasteiger partial charge in [-0.1, -0.05) is 54.2 Å². The van der Waals surface area contributed by atoms with Crippen molar-refractivity contribution in [3.63, 3.8) is 0 Å². The summed E-state index contributed by atoms with van der Waals surface area (Å²) in [7, 11) is 0. The third-order valence-corrected chi connectivity index (χ3v) is 5.99. The van der Waals surface area contributed by atoms with Crippen molar-refractivity contribution in [3.8, 4) is 11.1 Å². The van der Waals surface area contributed by atoms with E-state index in [4.69, 9.17) is 0 Å². The number of hydrogen-bond acceptors (Lipinski definition) is 4. The molecule has 0 unspecified atom stereocenters. The molecule has 0 saturated heterocycles. The maximum atomic E-state index is 13.3. The molecule has 1 N–H and O–H groups in total. The van der Waals surface area contributed by atoms with Gasteiger partial charge in [-0.3, -0.25) is 4.79 Å². The number of aryl methyl sites for hydroxylation is 1. The molecule has 4 rings (SSSR count). The summed E-state index contributed by atoms with van der Waals surface area (Å²) in [5, 5.41) is 1.18. The molecule has 2 aromatic carbocycles. The number of nitrogens with one attached hydrogen (secondary N) is 1. The van der Waals surface area contributed by atoms with Crippen LogP contribution in [-0.2, 0) is 5.75 Å². The van der Waals surface area contributed by atoms with Gasteiger partial charge in [0.2, 0.25) is 0 Å². The zero-order chi connectivity index (χ0) is 18.1. The van der Waals surface area contributed by atoms with Crippen LogP contribution in [0.4, 0.5) is 4.39 Å². The van der Waals surface area contributed by atoms with E-state index in [0.29, 0.717) is 16.3 Å². The van der Waals surface area contributed by atoms with Gasteiger partial charge in [0.25, 0.3) is 5.56 Å². The molecule has 0 aliphatic heterocycles. The molecule has 3 nitrogen and oxygen atoms in total. The lowest BCUT2D eigenvalue weighted by atomic mass is 10.0. The SMILES string of the molecule is Cc1sc2nc(SCc3cccc(F)c3)[nH]c(=O)c2c1-c1ccccc1. The van der Waals surface area contributed by atoms with Crippen LogP contribution in [0.3, 0.4) is 0 Å². The van der Waals surface area contributed by atoms with Crippen molar-refractivity contribution in [2.45, 2.75) is 17.8 Å². The molecular formula is C20H15FN2OS2. The summed E-state index contributed by atoms with van der Waals surface area (Å²) in [6.07, 6.45) is 0. The lowest BCUT2D eigenvalue weighted by molar-refractivity contribution is 0.626. The molecule has 4 aromatic rings. The topological polar surface area (TPSA) is 45.8 Å². The van der Waals surface area contributed by atoms with E-state index in [1.807, 2.05) is 43.3 Å². The first-order valence-electron chi connectivity index (χ1n) is 8.08. The minimum absolute atomic E-state index is 0.139. The van der Waals surface area contributed by atoms with Gasteiger partial charge in [0, 0.05) is 16.2 Å². The van der Waals surface area contributed by atoms with Crippen LogP contribution in [0.1, 0.15) is 10.4 Å². The van der Waals surface area contributed by atoms with Gasteiger partial charge in [-0.2, -0.15) is 0 Å². The number of aromatic amines is 1. The van der Waals surface area contributed by atoms with Crippen LogP contribution in [0.2, 0.25) is 0 Å². The van der Waals surface area contributed by atoms with E-state index in [9.17, 15) is 9.18 Å². The van der Waals surface area contributed by atoms with Crippen molar-refractivity contribution in [3.05, 3.63) is 81.2 Å². The highest BCUT2D eigenvalue weighted by molar-refractivity contribution is 7.98. The van der Waals surface area contributed by atoms with E-state index in [0.717, 1.165) is 26.4 Å². The standard InChI is InChI=1S/C20H15FN2OS2/c1-12-16(14-7-3-2-4-8-14)17-18(24)22-20(23-19(17)26-12)25-11-13-6-5-9-15(21)10-13/h2-10H,11H2,1H3,(H,22,23,24). The molecule has 0 aliphatic rings. The van der Waals surface area contributed by atoms with Gasteiger partial charge in [0.1, 0.15) is 10.6 Å². The smallest absolute Gasteiger partial charge is 0.260 e. The number of H-pyrrole nitrogens is 1. The normalized spacial score (nSPS) is 11.2. The van der Waals surface area contributed by atoms with Crippen molar-refractivity contribution in [1.82, 2.24) is 9.97 Å². The summed E-state index contributed by atoms with van der Waals surface area (Å²) in [5.41, 5.74) is 2.68. The van der Waals surface area contributed by atoms with Crippen molar-refractivity contribution in [1.29, 1.82) is 0 Å². The van der Waals surface area contributed by atoms with E-state index in [-0.39, 0.29) is 11.4 Å². The summed E-state index contributed by atoms with van der Waals surface area (Å²) in [6.45, 7) is 2.01. The summed E-state index contributed by atoms with van der Waals surface area (Å²) in [4.78, 5) is 22.0. The molecule has 0 aliphatic carbocycles. The highest BCUT2D eigenvalue weighted by atomic mass is 32.2. The molecule has 0 spiro atoms. The summed E-state index contributed by atoms with van der Waals surface area (Å²) in [5.74, 6) is 0.281. The Labute approximate surface area is 157 Å². The Kier molecular flexibility index (Phi) is 4.61. The number of rotatable bonds is 4. The Hall–Kier alpha value is -2.44. The second kappa shape index (κ2) is 7.05. The van der Waals surface area contributed by atoms with E-state index in [2.05, 4.69) is 9.97 Å². The summed E-state index contributed by atoms with van der Waals surface area (Å²) in [6, 6.07) is 16.3. The van der Waals surface area contributed by atoms with E-state index < -0.39 is 0 Å². The molecule has 0 bridgehead atoms. The summed E-state index contributed by atoms with van der Waals surface area (Å²) < 4.78 is 13.3. The third kappa shape index (κ3) is 3.30. The fourth-order valence-electron chi connectivity index (χ4n) is 2.90. The molecule has 26 heavy (non-hydrogen) atoms. The molecule has 6 heteroatoms. The lowest BCUT2D eigenvalue weighted by Crippen LogP contribution is -2.08. The fraction of sp³-hybridized carbons (Fsp3) is 0.100. The molecule has 2 heterocycles. The van der Waals surface area contributed by atoms with E-state index in [1.54, 1.807) is 6.07 Å². The Morgan fingerprint density at radius 1 is 1.15 bits per heavy atom. The Morgan fingerprint density at radius 3 is 2.73 bits per heavy atom. The van der Waals surface area contributed by atoms with Crippen LogP contribution in [-0.4, -0.2) is 9.97 Å². The molecule has 2 aromatic heterocycles. The minimum Gasteiger partial charge on any atom is -0.301 e. The van der Waals surface area contributed by atoms with Gasteiger partial charge in [-0.15, -0.1) is 11.3 Å². The summed E-state index contributed by atoms with van der Waals surface area (Å²) >= 11 is 2.92. The number of hydrogen-bond donors (Lipinski definition) is 1. The molecular weight excluding hydrogens is 367 g/mol. The average Bonchev–Trinajstić information content (AvgIpc) is 2.97. The monoisotopic (exact) mass is 382 g/mol. The van der Waals surface area contributed by atoms with Crippen LogP contribution in [0.25, 0.3) is 21.3 Å². The first-order valence-corrected chi connectivity index (χ1v) is 9.88. The van der Waals surface area contributed by atoms with Crippen molar-refractivity contribution in [2.24, 2.45) is 0 Å². The number of fused-ring (bicyclic) bond motifs is 1. The first-order chi connectivity index (χ1) is 12.6. The highest BCUT2D eigenvalue weighted by Crippen LogP contribution is 2.36. The maximum absolute atomic E-state index is 13.3. The zero-order valence-corrected chi connectivity index (χ0v) is 15.6. The first kappa shape index (κ1) is 17.0. The number of halogens is 1. The maximum Gasteiger partial charge on any atom is 0.260 e. The molecule has 0 atom stereocenters. The van der Waals surface area contributed by atoms with Crippen LogP contribution >= 0.6 is 23.1 Å². The average molecular weight is 382 g/mol. The second-order valence-corrected chi connectivity index (χ2v) is 8.04. The zero-order valence-electron chi connectivity index (χ0n) is 14.0. The van der Waals surface area contributed by atoms with Gasteiger partial charge in [-0.05, 0) is 30.2 Å². The Bertz CT molecular complexity index is 1140. The van der Waals surface area contributed by atoms with E-state index >= 15 is 0 Å². The number of thioether (sulfide) groups is 1. The van der Waals surface area contributed by atoms with Gasteiger partial charge in [0.05, 0.1) is 5.39 Å². The Morgan fingerprint density at radius 2 is 1.96 bits per heavy atom. The third-order valence-electron chi connectivity index (χ3n) is 4.04. The van der Waals surface area contributed by atoms with Gasteiger partial charge >= 0.3 is 0 Å². The minimum atomic E-state index is -0.263. The Balaban J connectivity index is 1.71. The molecule has 130 valence electrons.